The van der Waals surface area contributed by atoms with Crippen LogP contribution < -0.4 is 15.5 Å². The van der Waals surface area contributed by atoms with Crippen LogP contribution in [0.1, 0.15) is 31.4 Å². The van der Waals surface area contributed by atoms with Crippen LogP contribution in [0.15, 0.2) is 46.9 Å². The highest BCUT2D eigenvalue weighted by Gasteiger charge is 2.21. The monoisotopic (exact) mass is 436 g/mol. The van der Waals surface area contributed by atoms with Gasteiger partial charge in [-0.05, 0) is 50.0 Å². The topological polar surface area (TPSA) is 109 Å². The molecule has 0 saturated heterocycles. The van der Waals surface area contributed by atoms with Crippen LogP contribution >= 0.6 is 0 Å². The first-order chi connectivity index (χ1) is 15.5. The average Bonchev–Trinajstić information content (AvgIpc) is 3.26. The van der Waals surface area contributed by atoms with Crippen LogP contribution in [0, 0.1) is 10.1 Å². The number of nitro groups is 1. The predicted octanol–water partition coefficient (Wildman–Crippen LogP) is 4.22. The van der Waals surface area contributed by atoms with Crippen LogP contribution in [-0.2, 0) is 0 Å². The number of nitrogens with zero attached hydrogens (tertiary/aromatic N) is 4. The summed E-state index contributed by atoms with van der Waals surface area (Å²) < 4.78 is 5.12. The highest BCUT2D eigenvalue weighted by Crippen LogP contribution is 2.26. The molecule has 2 heterocycles. The Morgan fingerprint density at radius 3 is 2.59 bits per heavy atom. The zero-order chi connectivity index (χ0) is 22.5. The van der Waals surface area contributed by atoms with Crippen molar-refractivity contribution in [2.75, 3.05) is 30.9 Å². The van der Waals surface area contributed by atoms with Crippen molar-refractivity contribution in [3.8, 4) is 0 Å². The van der Waals surface area contributed by atoms with Crippen molar-refractivity contribution in [1.82, 2.24) is 15.3 Å². The molecule has 4 rings (SSSR count). The number of furan rings is 1. The maximum absolute atomic E-state index is 10.7. The van der Waals surface area contributed by atoms with E-state index in [1.54, 1.807) is 12.1 Å². The van der Waals surface area contributed by atoms with Gasteiger partial charge in [0.05, 0.1) is 11.6 Å². The number of fused-ring (bicyclic) bond motifs is 1. The Labute approximate surface area is 186 Å². The molecule has 1 fully saturated rings. The van der Waals surface area contributed by atoms with Crippen molar-refractivity contribution in [1.29, 1.82) is 0 Å². The van der Waals surface area contributed by atoms with Crippen molar-refractivity contribution < 1.29 is 9.34 Å². The number of benzene rings is 1. The maximum atomic E-state index is 10.7. The molecule has 0 radical (unpaired) electrons. The lowest BCUT2D eigenvalue weighted by atomic mass is 9.91. The van der Waals surface area contributed by atoms with Crippen molar-refractivity contribution in [2.45, 2.75) is 37.8 Å². The number of hydrogen-bond donors (Lipinski definition) is 2. The molecule has 0 spiro atoms. The zero-order valence-electron chi connectivity index (χ0n) is 18.3. The first-order valence-corrected chi connectivity index (χ1v) is 10.8. The van der Waals surface area contributed by atoms with Gasteiger partial charge in [-0.25, -0.2) is 4.98 Å². The van der Waals surface area contributed by atoms with E-state index in [0.717, 1.165) is 42.4 Å². The van der Waals surface area contributed by atoms with Crippen molar-refractivity contribution >= 4 is 34.6 Å². The molecule has 2 N–H and O–H groups in total. The Bertz CT molecular complexity index is 1100. The van der Waals surface area contributed by atoms with Crippen molar-refractivity contribution in [2.24, 2.45) is 0 Å². The summed E-state index contributed by atoms with van der Waals surface area (Å²) in [6.45, 7) is 0.692. The zero-order valence-corrected chi connectivity index (χ0v) is 18.3. The smallest absolute Gasteiger partial charge is 0.401 e. The second-order valence-corrected chi connectivity index (χ2v) is 8.22. The molecule has 168 valence electrons. The lowest BCUT2D eigenvalue weighted by Crippen LogP contribution is -2.37. The third-order valence-electron chi connectivity index (χ3n) is 5.67. The second kappa shape index (κ2) is 9.78. The van der Waals surface area contributed by atoms with E-state index in [0.29, 0.717) is 30.3 Å². The van der Waals surface area contributed by atoms with Gasteiger partial charge in [0.25, 0.3) is 0 Å². The van der Waals surface area contributed by atoms with E-state index in [9.17, 15) is 10.1 Å². The summed E-state index contributed by atoms with van der Waals surface area (Å²) in [5.74, 6) is 1.84. The highest BCUT2D eigenvalue weighted by molar-refractivity contribution is 5.90. The number of para-hydroxylation sites is 1. The fraction of sp³-hybridized carbons (Fsp3) is 0.391. The van der Waals surface area contributed by atoms with Gasteiger partial charge in [0.1, 0.15) is 16.5 Å². The van der Waals surface area contributed by atoms with Crippen LogP contribution in [0.5, 0.6) is 0 Å². The van der Waals surface area contributed by atoms with E-state index in [1.807, 2.05) is 49.3 Å². The fourth-order valence-electron chi connectivity index (χ4n) is 4.03. The standard InChI is InChI=1S/C23H28N6O3/c1-28(2)22-19-7-3-4-8-20(19)26-23(27-22)25-17-11-9-16(10-12-17)24-15-5-6-18-13-14-21(32-18)29(30)31/h3-8,13-14,16-17,24H,9-12,15H2,1-2H3,(H,25,26,27)/b6-5+/t16-,17+. The second-order valence-electron chi connectivity index (χ2n) is 8.22. The molecule has 0 aliphatic heterocycles. The molecule has 32 heavy (non-hydrogen) atoms. The molecule has 1 aromatic carbocycles. The molecule has 9 heteroatoms. The minimum atomic E-state index is -0.535. The number of rotatable bonds is 8. The Balaban J connectivity index is 1.27. The molecule has 1 aliphatic carbocycles. The average molecular weight is 437 g/mol. The molecule has 1 saturated carbocycles. The third kappa shape index (κ3) is 5.23. The van der Waals surface area contributed by atoms with Crippen LogP contribution in [0.3, 0.4) is 0 Å². The minimum Gasteiger partial charge on any atom is -0.401 e. The van der Waals surface area contributed by atoms with Gasteiger partial charge in [-0.2, -0.15) is 4.98 Å². The molecule has 2 aromatic heterocycles. The van der Waals surface area contributed by atoms with E-state index >= 15 is 0 Å². The first-order valence-electron chi connectivity index (χ1n) is 10.8. The minimum absolute atomic E-state index is 0.239. The maximum Gasteiger partial charge on any atom is 0.433 e. The van der Waals surface area contributed by atoms with Crippen molar-refractivity contribution in [3.63, 3.8) is 0 Å². The van der Waals surface area contributed by atoms with Gasteiger partial charge in [0.2, 0.25) is 5.95 Å². The molecular formula is C23H28N6O3. The van der Waals surface area contributed by atoms with Crippen LogP contribution in [-0.4, -0.2) is 47.6 Å². The lowest BCUT2D eigenvalue weighted by molar-refractivity contribution is -0.402. The summed E-state index contributed by atoms with van der Waals surface area (Å²) in [6, 6.07) is 11.8. The third-order valence-corrected chi connectivity index (χ3v) is 5.67. The number of nitrogens with one attached hydrogen (secondary N) is 2. The quantitative estimate of drug-likeness (QED) is 0.399. The lowest BCUT2D eigenvalue weighted by Gasteiger charge is -2.29. The Kier molecular flexibility index (Phi) is 6.65. The summed E-state index contributed by atoms with van der Waals surface area (Å²) in [7, 11) is 3.99. The number of hydrogen-bond acceptors (Lipinski definition) is 8. The summed E-state index contributed by atoms with van der Waals surface area (Å²) in [4.78, 5) is 21.6. The largest absolute Gasteiger partial charge is 0.433 e. The summed E-state index contributed by atoms with van der Waals surface area (Å²) in [5, 5.41) is 18.8. The van der Waals surface area contributed by atoms with E-state index in [2.05, 4.69) is 10.6 Å². The highest BCUT2D eigenvalue weighted by atomic mass is 16.6. The number of aromatic nitrogens is 2. The molecule has 3 aromatic rings. The molecule has 1 aliphatic rings. The summed E-state index contributed by atoms with van der Waals surface area (Å²) in [5.41, 5.74) is 0.942. The van der Waals surface area contributed by atoms with E-state index in [4.69, 9.17) is 14.4 Å². The molecule has 0 unspecified atom stereocenters. The van der Waals surface area contributed by atoms with Crippen LogP contribution in [0.25, 0.3) is 17.0 Å². The van der Waals surface area contributed by atoms with E-state index in [-0.39, 0.29) is 5.88 Å². The molecular weight excluding hydrogens is 408 g/mol. The number of anilines is 2. The molecule has 0 bridgehead atoms. The molecule has 0 amide bonds. The normalized spacial score (nSPS) is 18.8. The van der Waals surface area contributed by atoms with Gasteiger partial charge in [-0.3, -0.25) is 10.1 Å². The molecule has 0 atom stereocenters. The van der Waals surface area contributed by atoms with Crippen LogP contribution in [0.2, 0.25) is 0 Å². The van der Waals surface area contributed by atoms with Crippen molar-refractivity contribution in [3.05, 3.63) is 58.3 Å². The Hall–Kier alpha value is -3.46. The van der Waals surface area contributed by atoms with E-state index in [1.165, 1.54) is 6.07 Å². The Morgan fingerprint density at radius 1 is 1.12 bits per heavy atom. The van der Waals surface area contributed by atoms with Gasteiger partial charge in [0, 0.05) is 38.1 Å². The Morgan fingerprint density at radius 2 is 1.88 bits per heavy atom. The summed E-state index contributed by atoms with van der Waals surface area (Å²) >= 11 is 0. The fourth-order valence-corrected chi connectivity index (χ4v) is 4.03. The first kappa shape index (κ1) is 21.8. The van der Waals surface area contributed by atoms with Gasteiger partial charge in [-0.15, -0.1) is 0 Å². The summed E-state index contributed by atoms with van der Waals surface area (Å²) in [6.07, 6.45) is 7.89. The van der Waals surface area contributed by atoms with Gasteiger partial charge >= 0.3 is 5.88 Å². The van der Waals surface area contributed by atoms with Gasteiger partial charge in [-0.1, -0.05) is 18.2 Å². The van der Waals surface area contributed by atoms with Gasteiger partial charge < -0.3 is 20.0 Å². The molecule has 9 nitrogen and oxygen atoms in total. The van der Waals surface area contributed by atoms with Crippen LogP contribution in [0.4, 0.5) is 17.7 Å². The SMILES string of the molecule is CN(C)c1nc(N[C@H]2CC[C@@H](NC/C=C/c3ccc([N+](=O)[O-])o3)CC2)nc2ccccc12. The van der Waals surface area contributed by atoms with Gasteiger partial charge in [0.15, 0.2) is 0 Å². The van der Waals surface area contributed by atoms with E-state index < -0.39 is 4.92 Å². The predicted molar refractivity (Wildman–Crippen MR) is 126 cm³/mol.